The normalized spacial score (nSPS) is 16.5. The molecule has 0 fully saturated rings. The average molecular weight is 329 g/mol. The molecular formula is C17H23N5O2. The van der Waals surface area contributed by atoms with Crippen LogP contribution in [0.5, 0.6) is 0 Å². The molecule has 3 rings (SSSR count). The lowest BCUT2D eigenvalue weighted by atomic mass is 10.0. The molecule has 0 bridgehead atoms. The molecule has 2 aromatic rings. The second-order valence-electron chi connectivity index (χ2n) is 6.94. The van der Waals surface area contributed by atoms with Crippen molar-refractivity contribution >= 4 is 34.1 Å². The molecule has 5 N–H and O–H groups in total. The van der Waals surface area contributed by atoms with Gasteiger partial charge in [0.1, 0.15) is 5.60 Å². The van der Waals surface area contributed by atoms with Crippen LogP contribution in [0.25, 0.3) is 10.9 Å². The van der Waals surface area contributed by atoms with Gasteiger partial charge < -0.3 is 16.2 Å². The number of nitrogens with zero attached hydrogens (tertiary/aromatic N) is 2. The maximum atomic E-state index is 12.3. The Morgan fingerprint density at radius 3 is 2.71 bits per heavy atom. The topological polar surface area (TPSA) is 106 Å². The Hall–Kier alpha value is -2.70. The number of amides is 1. The molecular weight excluding hydrogens is 306 g/mol. The van der Waals surface area contributed by atoms with E-state index in [0.717, 1.165) is 23.1 Å². The Morgan fingerprint density at radius 1 is 1.38 bits per heavy atom. The highest BCUT2D eigenvalue weighted by atomic mass is 16.6. The lowest BCUT2D eigenvalue weighted by Crippen LogP contribution is -2.45. The fraction of sp³-hybridized carbons (Fsp3) is 0.412. The third-order valence-electron chi connectivity index (χ3n) is 3.99. The van der Waals surface area contributed by atoms with Crippen LogP contribution in [-0.4, -0.2) is 16.7 Å². The largest absolute Gasteiger partial charge is 0.443 e. The van der Waals surface area contributed by atoms with Gasteiger partial charge in [0.05, 0.1) is 28.6 Å². The molecule has 0 spiro atoms. The fourth-order valence-electron chi connectivity index (χ4n) is 3.16. The predicted molar refractivity (Wildman–Crippen MR) is 95.4 cm³/mol. The quantitative estimate of drug-likeness (QED) is 0.731. The predicted octanol–water partition coefficient (Wildman–Crippen LogP) is 3.11. The molecule has 1 aromatic heterocycles. The minimum Gasteiger partial charge on any atom is -0.443 e. The number of anilines is 3. The Bertz CT molecular complexity index is 813. The standard InChI is InChI=1S/C17H23N5O2/c1-5-12-9-6-7-20-14-10(18)8-11(19)15(13(9)14)22(12)21-16(23)24-17(2,3)4/h6-8,12H,5,18-19H2,1-4H3,(H,21,23). The van der Waals surface area contributed by atoms with Gasteiger partial charge in [0, 0.05) is 11.6 Å². The Morgan fingerprint density at radius 2 is 2.08 bits per heavy atom. The number of hydrogen-bond donors (Lipinski definition) is 3. The van der Waals surface area contributed by atoms with E-state index < -0.39 is 11.7 Å². The summed E-state index contributed by atoms with van der Waals surface area (Å²) in [7, 11) is 0. The summed E-state index contributed by atoms with van der Waals surface area (Å²) in [6.07, 6.45) is 1.99. The Balaban J connectivity index is 2.08. The lowest BCUT2D eigenvalue weighted by molar-refractivity contribution is 0.0515. The van der Waals surface area contributed by atoms with Crippen LogP contribution in [0.15, 0.2) is 18.3 Å². The number of hydrogen-bond acceptors (Lipinski definition) is 6. The van der Waals surface area contributed by atoms with E-state index in [9.17, 15) is 4.79 Å². The Kier molecular flexibility index (Phi) is 3.66. The summed E-state index contributed by atoms with van der Waals surface area (Å²) in [4.78, 5) is 16.6. The van der Waals surface area contributed by atoms with Gasteiger partial charge in [-0.05, 0) is 44.9 Å². The number of nitrogen functional groups attached to an aromatic ring is 2. The zero-order valence-corrected chi connectivity index (χ0v) is 14.4. The highest BCUT2D eigenvalue weighted by molar-refractivity contribution is 6.09. The number of benzene rings is 1. The molecule has 1 atom stereocenters. The number of pyridine rings is 1. The number of rotatable bonds is 2. The van der Waals surface area contributed by atoms with Crippen LogP contribution in [0.4, 0.5) is 21.9 Å². The van der Waals surface area contributed by atoms with E-state index in [2.05, 4.69) is 10.4 Å². The molecule has 1 unspecified atom stereocenters. The molecule has 2 heterocycles. The van der Waals surface area contributed by atoms with Gasteiger partial charge in [-0.2, -0.15) is 0 Å². The van der Waals surface area contributed by atoms with E-state index in [1.54, 1.807) is 17.3 Å². The van der Waals surface area contributed by atoms with E-state index in [1.165, 1.54) is 0 Å². The van der Waals surface area contributed by atoms with Gasteiger partial charge in [0.15, 0.2) is 0 Å². The van der Waals surface area contributed by atoms with Crippen molar-refractivity contribution in [3.63, 3.8) is 0 Å². The van der Waals surface area contributed by atoms with Crippen molar-refractivity contribution in [1.82, 2.24) is 10.4 Å². The number of aromatic nitrogens is 1. The molecule has 1 aromatic carbocycles. The monoisotopic (exact) mass is 329 g/mol. The summed E-state index contributed by atoms with van der Waals surface area (Å²) >= 11 is 0. The molecule has 0 saturated heterocycles. The SMILES string of the molecule is CCC1c2ccnc3c(N)cc(N)c(c23)N1NC(=O)OC(C)(C)C. The summed E-state index contributed by atoms with van der Waals surface area (Å²) in [5.41, 5.74) is 18.0. The number of carbonyl (C=O) groups is 1. The summed E-state index contributed by atoms with van der Waals surface area (Å²) in [5, 5.41) is 2.65. The number of ether oxygens (including phenoxy) is 1. The summed E-state index contributed by atoms with van der Waals surface area (Å²) < 4.78 is 5.38. The van der Waals surface area contributed by atoms with Crippen molar-refractivity contribution in [3.05, 3.63) is 23.9 Å². The van der Waals surface area contributed by atoms with Crippen molar-refractivity contribution in [1.29, 1.82) is 0 Å². The van der Waals surface area contributed by atoms with Gasteiger partial charge in [-0.25, -0.2) is 10.2 Å². The van der Waals surface area contributed by atoms with Gasteiger partial charge in [0.25, 0.3) is 0 Å². The van der Waals surface area contributed by atoms with E-state index >= 15 is 0 Å². The van der Waals surface area contributed by atoms with Crippen molar-refractivity contribution in [2.75, 3.05) is 16.5 Å². The van der Waals surface area contributed by atoms with Crippen molar-refractivity contribution in [2.45, 2.75) is 45.8 Å². The second kappa shape index (κ2) is 5.43. The molecule has 1 aliphatic heterocycles. The third-order valence-corrected chi connectivity index (χ3v) is 3.99. The number of hydrazine groups is 1. The minimum absolute atomic E-state index is 0.0536. The summed E-state index contributed by atoms with van der Waals surface area (Å²) in [6.45, 7) is 7.51. The molecule has 7 heteroatoms. The number of nitrogens with one attached hydrogen (secondary N) is 1. The van der Waals surface area contributed by atoms with Crippen molar-refractivity contribution in [2.24, 2.45) is 0 Å². The van der Waals surface area contributed by atoms with E-state index in [4.69, 9.17) is 16.2 Å². The van der Waals surface area contributed by atoms with E-state index in [0.29, 0.717) is 16.9 Å². The van der Waals surface area contributed by atoms with Crippen LogP contribution in [0.2, 0.25) is 0 Å². The number of nitrogens with two attached hydrogens (primary N) is 2. The van der Waals surface area contributed by atoms with Gasteiger partial charge in [-0.3, -0.25) is 9.99 Å². The highest BCUT2D eigenvalue weighted by Gasteiger charge is 2.35. The molecule has 1 amide bonds. The van der Waals surface area contributed by atoms with Gasteiger partial charge in [0.2, 0.25) is 0 Å². The smallest absolute Gasteiger partial charge is 0.426 e. The van der Waals surface area contributed by atoms with Crippen molar-refractivity contribution < 1.29 is 9.53 Å². The minimum atomic E-state index is -0.581. The van der Waals surface area contributed by atoms with Crippen molar-refractivity contribution in [3.8, 4) is 0 Å². The first-order valence-corrected chi connectivity index (χ1v) is 7.98. The zero-order valence-electron chi connectivity index (χ0n) is 14.4. The first-order valence-electron chi connectivity index (χ1n) is 7.98. The van der Waals surface area contributed by atoms with E-state index in [-0.39, 0.29) is 6.04 Å². The molecule has 0 radical (unpaired) electrons. The fourth-order valence-corrected chi connectivity index (χ4v) is 3.16. The maximum Gasteiger partial charge on any atom is 0.426 e. The molecule has 128 valence electrons. The Labute approximate surface area is 140 Å². The highest BCUT2D eigenvalue weighted by Crippen LogP contribution is 2.48. The molecule has 0 saturated carbocycles. The maximum absolute atomic E-state index is 12.3. The molecule has 0 aliphatic carbocycles. The van der Waals surface area contributed by atoms with Gasteiger partial charge in [-0.15, -0.1) is 0 Å². The van der Waals surface area contributed by atoms with Crippen LogP contribution in [-0.2, 0) is 4.74 Å². The van der Waals surface area contributed by atoms with Crippen LogP contribution >= 0.6 is 0 Å². The number of carbonyl (C=O) groups excluding carboxylic acids is 1. The van der Waals surface area contributed by atoms with Crippen LogP contribution < -0.4 is 21.9 Å². The van der Waals surface area contributed by atoms with Crippen LogP contribution in [0.1, 0.15) is 45.7 Å². The van der Waals surface area contributed by atoms with Gasteiger partial charge in [-0.1, -0.05) is 6.92 Å². The average Bonchev–Trinajstić information content (AvgIpc) is 2.77. The lowest BCUT2D eigenvalue weighted by Gasteiger charge is -2.30. The zero-order chi connectivity index (χ0) is 17.6. The van der Waals surface area contributed by atoms with Gasteiger partial charge >= 0.3 is 6.09 Å². The van der Waals surface area contributed by atoms with Crippen LogP contribution in [0, 0.1) is 0 Å². The molecule has 24 heavy (non-hydrogen) atoms. The molecule has 7 nitrogen and oxygen atoms in total. The second-order valence-corrected chi connectivity index (χ2v) is 6.94. The van der Waals surface area contributed by atoms with E-state index in [1.807, 2.05) is 33.8 Å². The van der Waals surface area contributed by atoms with Crippen LogP contribution in [0.3, 0.4) is 0 Å². The molecule has 1 aliphatic rings. The first kappa shape index (κ1) is 16.2. The summed E-state index contributed by atoms with van der Waals surface area (Å²) in [5.74, 6) is 0. The first-order chi connectivity index (χ1) is 11.2. The third kappa shape index (κ3) is 2.55. The summed E-state index contributed by atoms with van der Waals surface area (Å²) in [6, 6.07) is 3.56.